The van der Waals surface area contributed by atoms with Crippen molar-refractivity contribution in [1.29, 1.82) is 0 Å². The Balaban J connectivity index is 1.52. The van der Waals surface area contributed by atoms with Crippen LogP contribution in [0.1, 0.15) is 70.6 Å². The molecule has 2 saturated carbocycles. The topological polar surface area (TPSA) is 35.2 Å². The Bertz CT molecular complexity index is 266. The van der Waals surface area contributed by atoms with Crippen LogP contribution in [0.25, 0.3) is 0 Å². The summed E-state index contributed by atoms with van der Waals surface area (Å²) in [6.07, 6.45) is 15.5. The summed E-state index contributed by atoms with van der Waals surface area (Å²) in [5, 5.41) is 0. The third-order valence-corrected chi connectivity index (χ3v) is 5.79. The summed E-state index contributed by atoms with van der Waals surface area (Å²) in [7, 11) is 0. The second-order valence-corrected chi connectivity index (χ2v) is 6.94. The monoisotopic (exact) mass is 251 g/mol. The van der Waals surface area contributed by atoms with Crippen LogP contribution in [0.3, 0.4) is 0 Å². The molecular formula is C16H29NO. The van der Waals surface area contributed by atoms with Crippen molar-refractivity contribution in [2.45, 2.75) is 82.3 Å². The molecule has 2 aliphatic carbocycles. The molecule has 104 valence electrons. The first-order valence-corrected chi connectivity index (χ1v) is 8.19. The van der Waals surface area contributed by atoms with Crippen molar-refractivity contribution in [3.63, 3.8) is 0 Å². The smallest absolute Gasteiger partial charge is 0.0687 e. The molecule has 3 rings (SSSR count). The maximum Gasteiger partial charge on any atom is 0.0687 e. The number of ether oxygens (including phenoxy) is 1. The van der Waals surface area contributed by atoms with Gasteiger partial charge in [-0.3, -0.25) is 0 Å². The largest absolute Gasteiger partial charge is 0.372 e. The quantitative estimate of drug-likeness (QED) is 0.828. The lowest BCUT2D eigenvalue weighted by atomic mass is 9.85. The van der Waals surface area contributed by atoms with Gasteiger partial charge in [0.05, 0.1) is 11.7 Å². The summed E-state index contributed by atoms with van der Waals surface area (Å²) in [6, 6.07) is 0. The van der Waals surface area contributed by atoms with E-state index in [0.29, 0.717) is 11.7 Å². The second kappa shape index (κ2) is 5.50. The minimum atomic E-state index is 0.305. The lowest BCUT2D eigenvalue weighted by molar-refractivity contribution is -0.0464. The van der Waals surface area contributed by atoms with E-state index in [1.54, 1.807) is 0 Å². The SMILES string of the molecule is NCC(CC1CCC2(CCCC2)O1)C1CCCC1. The predicted molar refractivity (Wildman–Crippen MR) is 74.4 cm³/mol. The molecule has 2 unspecified atom stereocenters. The Kier molecular flexibility index (Phi) is 3.95. The average molecular weight is 251 g/mol. The van der Waals surface area contributed by atoms with Gasteiger partial charge in [0.15, 0.2) is 0 Å². The minimum absolute atomic E-state index is 0.305. The summed E-state index contributed by atoms with van der Waals surface area (Å²) in [5.74, 6) is 1.63. The van der Waals surface area contributed by atoms with Crippen LogP contribution in [0, 0.1) is 11.8 Å². The molecule has 2 nitrogen and oxygen atoms in total. The number of rotatable bonds is 4. The fourth-order valence-corrected chi connectivity index (χ4v) is 4.70. The van der Waals surface area contributed by atoms with Crippen molar-refractivity contribution >= 4 is 0 Å². The summed E-state index contributed by atoms with van der Waals surface area (Å²) < 4.78 is 6.45. The molecule has 2 atom stereocenters. The summed E-state index contributed by atoms with van der Waals surface area (Å²) >= 11 is 0. The molecule has 0 aromatic rings. The van der Waals surface area contributed by atoms with E-state index in [1.165, 1.54) is 70.6 Å². The van der Waals surface area contributed by atoms with Crippen molar-refractivity contribution in [3.8, 4) is 0 Å². The highest BCUT2D eigenvalue weighted by atomic mass is 16.5. The van der Waals surface area contributed by atoms with Crippen LogP contribution < -0.4 is 5.73 Å². The molecule has 1 heterocycles. The molecule has 0 radical (unpaired) electrons. The summed E-state index contributed by atoms with van der Waals surface area (Å²) in [6.45, 7) is 0.873. The molecule has 2 heteroatoms. The van der Waals surface area contributed by atoms with Crippen molar-refractivity contribution in [3.05, 3.63) is 0 Å². The van der Waals surface area contributed by atoms with E-state index >= 15 is 0 Å². The number of nitrogens with two attached hydrogens (primary N) is 1. The van der Waals surface area contributed by atoms with Gasteiger partial charge in [0, 0.05) is 0 Å². The van der Waals surface area contributed by atoms with E-state index < -0.39 is 0 Å². The van der Waals surface area contributed by atoms with Crippen LogP contribution in [0.2, 0.25) is 0 Å². The fraction of sp³-hybridized carbons (Fsp3) is 1.00. The molecule has 3 aliphatic rings. The highest BCUT2D eigenvalue weighted by molar-refractivity contribution is 4.93. The Morgan fingerprint density at radius 3 is 2.39 bits per heavy atom. The molecule has 2 N–H and O–H groups in total. The average Bonchev–Trinajstić information content (AvgIpc) is 3.10. The zero-order chi connectivity index (χ0) is 12.4. The molecule has 0 aromatic heterocycles. The van der Waals surface area contributed by atoms with E-state index in [9.17, 15) is 0 Å². The maximum absolute atomic E-state index is 6.45. The van der Waals surface area contributed by atoms with Crippen LogP contribution in [-0.2, 0) is 4.74 Å². The minimum Gasteiger partial charge on any atom is -0.372 e. The van der Waals surface area contributed by atoms with Crippen molar-refractivity contribution in [1.82, 2.24) is 0 Å². The van der Waals surface area contributed by atoms with E-state index in [4.69, 9.17) is 10.5 Å². The van der Waals surface area contributed by atoms with E-state index in [1.807, 2.05) is 0 Å². The van der Waals surface area contributed by atoms with Crippen molar-refractivity contribution in [2.24, 2.45) is 17.6 Å². The molecule has 1 saturated heterocycles. The van der Waals surface area contributed by atoms with Gasteiger partial charge in [0.2, 0.25) is 0 Å². The first-order valence-electron chi connectivity index (χ1n) is 8.19. The van der Waals surface area contributed by atoms with Crippen LogP contribution >= 0.6 is 0 Å². The second-order valence-electron chi connectivity index (χ2n) is 6.94. The first kappa shape index (κ1) is 12.9. The first-order chi connectivity index (χ1) is 8.81. The van der Waals surface area contributed by atoms with Gasteiger partial charge in [-0.1, -0.05) is 38.5 Å². The molecular weight excluding hydrogens is 222 g/mol. The normalized spacial score (nSPS) is 33.5. The molecule has 0 aromatic carbocycles. The zero-order valence-electron chi connectivity index (χ0n) is 11.7. The Morgan fingerprint density at radius 1 is 1.00 bits per heavy atom. The van der Waals surface area contributed by atoms with Gasteiger partial charge in [-0.25, -0.2) is 0 Å². The van der Waals surface area contributed by atoms with Gasteiger partial charge in [0.25, 0.3) is 0 Å². The Hall–Kier alpha value is -0.0800. The van der Waals surface area contributed by atoms with Crippen molar-refractivity contribution in [2.75, 3.05) is 6.54 Å². The molecule has 1 aliphatic heterocycles. The van der Waals surface area contributed by atoms with E-state index in [-0.39, 0.29) is 0 Å². The predicted octanol–water partition coefficient (Wildman–Crippen LogP) is 3.63. The molecule has 0 amide bonds. The van der Waals surface area contributed by atoms with Gasteiger partial charge in [-0.05, 0) is 50.5 Å². The third-order valence-electron chi connectivity index (χ3n) is 5.79. The van der Waals surface area contributed by atoms with Gasteiger partial charge in [-0.2, -0.15) is 0 Å². The number of hydrogen-bond donors (Lipinski definition) is 1. The highest BCUT2D eigenvalue weighted by Crippen LogP contribution is 2.45. The lowest BCUT2D eigenvalue weighted by Gasteiger charge is -2.28. The van der Waals surface area contributed by atoms with Crippen LogP contribution in [0.15, 0.2) is 0 Å². The number of hydrogen-bond acceptors (Lipinski definition) is 2. The standard InChI is InChI=1S/C16H29NO/c17-12-14(13-5-1-2-6-13)11-15-7-10-16(18-15)8-3-4-9-16/h13-15H,1-12,17H2. The summed E-state index contributed by atoms with van der Waals surface area (Å²) in [4.78, 5) is 0. The van der Waals surface area contributed by atoms with E-state index in [2.05, 4.69) is 0 Å². The van der Waals surface area contributed by atoms with Crippen LogP contribution in [0.5, 0.6) is 0 Å². The van der Waals surface area contributed by atoms with Crippen LogP contribution in [0.4, 0.5) is 0 Å². The van der Waals surface area contributed by atoms with E-state index in [0.717, 1.165) is 18.4 Å². The third kappa shape index (κ3) is 2.60. The molecule has 0 bridgehead atoms. The highest BCUT2D eigenvalue weighted by Gasteiger charge is 2.43. The van der Waals surface area contributed by atoms with Gasteiger partial charge in [-0.15, -0.1) is 0 Å². The van der Waals surface area contributed by atoms with Gasteiger partial charge in [0.1, 0.15) is 0 Å². The van der Waals surface area contributed by atoms with Gasteiger partial charge >= 0.3 is 0 Å². The zero-order valence-corrected chi connectivity index (χ0v) is 11.7. The maximum atomic E-state index is 6.45. The molecule has 18 heavy (non-hydrogen) atoms. The Labute approximate surface area is 112 Å². The summed E-state index contributed by atoms with van der Waals surface area (Å²) in [5.41, 5.74) is 6.33. The fourth-order valence-electron chi connectivity index (χ4n) is 4.70. The molecule has 3 fully saturated rings. The lowest BCUT2D eigenvalue weighted by Crippen LogP contribution is -2.29. The van der Waals surface area contributed by atoms with Gasteiger partial charge < -0.3 is 10.5 Å². The van der Waals surface area contributed by atoms with Crippen molar-refractivity contribution < 1.29 is 4.74 Å². The molecule has 1 spiro atoms. The van der Waals surface area contributed by atoms with Crippen LogP contribution in [-0.4, -0.2) is 18.2 Å². The Morgan fingerprint density at radius 2 is 1.72 bits per heavy atom.